The van der Waals surface area contributed by atoms with Gasteiger partial charge in [-0.3, -0.25) is 9.59 Å². The number of anilines is 1. The van der Waals surface area contributed by atoms with E-state index in [2.05, 4.69) is 5.32 Å². The van der Waals surface area contributed by atoms with Crippen molar-refractivity contribution < 1.29 is 14.0 Å². The molecule has 1 heterocycles. The van der Waals surface area contributed by atoms with Gasteiger partial charge in [0.25, 0.3) is 0 Å². The molecule has 0 aliphatic carbocycles. The third-order valence-electron chi connectivity index (χ3n) is 4.94. The molecular formula is C21H23FN2O2. The minimum atomic E-state index is -0.336. The average molecular weight is 354 g/mol. The summed E-state index contributed by atoms with van der Waals surface area (Å²) in [6.07, 6.45) is 0.887. The zero-order valence-corrected chi connectivity index (χ0v) is 15.1. The van der Waals surface area contributed by atoms with Crippen LogP contribution < -0.4 is 5.32 Å². The predicted molar refractivity (Wildman–Crippen MR) is 99.3 cm³/mol. The molecule has 0 saturated carbocycles. The molecule has 3 rings (SSSR count). The molecule has 1 aliphatic heterocycles. The molecule has 1 aliphatic rings. The van der Waals surface area contributed by atoms with Gasteiger partial charge < -0.3 is 10.2 Å². The molecule has 1 unspecified atom stereocenters. The molecule has 0 bridgehead atoms. The van der Waals surface area contributed by atoms with Gasteiger partial charge >= 0.3 is 0 Å². The van der Waals surface area contributed by atoms with Gasteiger partial charge in [-0.1, -0.05) is 18.2 Å². The topological polar surface area (TPSA) is 49.4 Å². The molecule has 1 saturated heterocycles. The van der Waals surface area contributed by atoms with Crippen molar-refractivity contribution in [3.05, 3.63) is 65.0 Å². The van der Waals surface area contributed by atoms with Gasteiger partial charge in [-0.25, -0.2) is 4.39 Å². The summed E-state index contributed by atoms with van der Waals surface area (Å²) in [5, 5.41) is 2.91. The van der Waals surface area contributed by atoms with E-state index >= 15 is 0 Å². The maximum Gasteiger partial charge on any atom is 0.229 e. The highest BCUT2D eigenvalue weighted by molar-refractivity contribution is 5.97. The highest BCUT2D eigenvalue weighted by Gasteiger charge is 2.34. The third kappa shape index (κ3) is 4.28. The fourth-order valence-electron chi connectivity index (χ4n) is 3.14. The van der Waals surface area contributed by atoms with Crippen molar-refractivity contribution in [3.63, 3.8) is 0 Å². The molecule has 136 valence electrons. The molecule has 5 heteroatoms. The number of halogens is 1. The standard InChI is InChI=1S/C21H23FN2O2/c1-14-3-8-19(11-15(14)2)23-21(26)17-12-20(25)24(13-17)10-9-16-4-6-18(22)7-5-16/h3-8,11,17H,9-10,12-13H2,1-2H3,(H,23,26). The maximum atomic E-state index is 12.9. The van der Waals surface area contributed by atoms with E-state index in [4.69, 9.17) is 0 Å². The van der Waals surface area contributed by atoms with Crippen LogP contribution in [-0.2, 0) is 16.0 Å². The number of aryl methyl sites for hydroxylation is 2. The number of hydrogen-bond donors (Lipinski definition) is 1. The fourth-order valence-corrected chi connectivity index (χ4v) is 3.14. The highest BCUT2D eigenvalue weighted by Crippen LogP contribution is 2.21. The molecule has 0 radical (unpaired) electrons. The lowest BCUT2D eigenvalue weighted by Gasteiger charge is -2.17. The van der Waals surface area contributed by atoms with Crippen LogP contribution in [0.4, 0.5) is 10.1 Å². The number of amides is 2. The van der Waals surface area contributed by atoms with Gasteiger partial charge in [-0.15, -0.1) is 0 Å². The lowest BCUT2D eigenvalue weighted by atomic mass is 10.1. The van der Waals surface area contributed by atoms with Gasteiger partial charge in [0.15, 0.2) is 0 Å². The molecule has 1 atom stereocenters. The van der Waals surface area contributed by atoms with E-state index in [1.54, 1.807) is 17.0 Å². The number of carbonyl (C=O) groups is 2. The smallest absolute Gasteiger partial charge is 0.229 e. The van der Waals surface area contributed by atoms with Gasteiger partial charge in [-0.05, 0) is 61.2 Å². The summed E-state index contributed by atoms with van der Waals surface area (Å²) in [7, 11) is 0. The molecule has 2 aromatic carbocycles. The van der Waals surface area contributed by atoms with Crippen molar-refractivity contribution in [3.8, 4) is 0 Å². The van der Waals surface area contributed by atoms with Gasteiger partial charge in [0, 0.05) is 25.2 Å². The number of hydrogen-bond acceptors (Lipinski definition) is 2. The van der Waals surface area contributed by atoms with Crippen LogP contribution in [-0.4, -0.2) is 29.8 Å². The molecule has 1 N–H and O–H groups in total. The normalized spacial score (nSPS) is 16.8. The van der Waals surface area contributed by atoms with Crippen molar-refractivity contribution >= 4 is 17.5 Å². The minimum Gasteiger partial charge on any atom is -0.342 e. The van der Waals surface area contributed by atoms with E-state index in [1.165, 1.54) is 17.7 Å². The number of benzene rings is 2. The van der Waals surface area contributed by atoms with Crippen LogP contribution in [0.2, 0.25) is 0 Å². The second kappa shape index (κ2) is 7.68. The Morgan fingerprint density at radius 1 is 1.15 bits per heavy atom. The van der Waals surface area contributed by atoms with Crippen LogP contribution in [0.5, 0.6) is 0 Å². The first-order valence-corrected chi connectivity index (χ1v) is 8.82. The largest absolute Gasteiger partial charge is 0.342 e. The lowest BCUT2D eigenvalue weighted by Crippen LogP contribution is -2.30. The van der Waals surface area contributed by atoms with Crippen molar-refractivity contribution in [2.45, 2.75) is 26.7 Å². The summed E-state index contributed by atoms with van der Waals surface area (Å²) in [6.45, 7) is 4.99. The minimum absolute atomic E-state index is 0.00708. The van der Waals surface area contributed by atoms with E-state index in [9.17, 15) is 14.0 Å². The number of rotatable bonds is 5. The molecular weight excluding hydrogens is 331 g/mol. The van der Waals surface area contributed by atoms with Crippen molar-refractivity contribution in [2.75, 3.05) is 18.4 Å². The van der Waals surface area contributed by atoms with Crippen molar-refractivity contribution in [1.29, 1.82) is 0 Å². The zero-order valence-electron chi connectivity index (χ0n) is 15.1. The first-order chi connectivity index (χ1) is 12.4. The fraction of sp³-hybridized carbons (Fsp3) is 0.333. The summed E-state index contributed by atoms with van der Waals surface area (Å²) in [5.41, 5.74) is 4.02. The first kappa shape index (κ1) is 18.1. The molecule has 26 heavy (non-hydrogen) atoms. The molecule has 2 aromatic rings. The summed E-state index contributed by atoms with van der Waals surface area (Å²) in [6, 6.07) is 12.1. The summed E-state index contributed by atoms with van der Waals surface area (Å²) < 4.78 is 12.9. The van der Waals surface area contributed by atoms with E-state index in [0.717, 1.165) is 16.8 Å². The van der Waals surface area contributed by atoms with Gasteiger partial charge in [0.2, 0.25) is 11.8 Å². The Morgan fingerprint density at radius 2 is 1.88 bits per heavy atom. The Hall–Kier alpha value is -2.69. The Balaban J connectivity index is 1.55. The number of likely N-dealkylation sites (tertiary alicyclic amines) is 1. The first-order valence-electron chi connectivity index (χ1n) is 8.82. The van der Waals surface area contributed by atoms with Gasteiger partial charge in [0.1, 0.15) is 5.82 Å². The second-order valence-electron chi connectivity index (χ2n) is 6.91. The Kier molecular flexibility index (Phi) is 5.35. The van der Waals surface area contributed by atoms with E-state index < -0.39 is 0 Å². The van der Waals surface area contributed by atoms with Crippen molar-refractivity contribution in [1.82, 2.24) is 4.90 Å². The average Bonchev–Trinajstić information content (AvgIpc) is 2.99. The maximum absolute atomic E-state index is 12.9. The van der Waals surface area contributed by atoms with Crippen LogP contribution in [0, 0.1) is 25.6 Å². The van der Waals surface area contributed by atoms with E-state index in [0.29, 0.717) is 19.5 Å². The van der Waals surface area contributed by atoms with E-state index in [-0.39, 0.29) is 30.0 Å². The third-order valence-corrected chi connectivity index (χ3v) is 4.94. The van der Waals surface area contributed by atoms with Gasteiger partial charge in [0.05, 0.1) is 5.92 Å². The van der Waals surface area contributed by atoms with Crippen molar-refractivity contribution in [2.24, 2.45) is 5.92 Å². The lowest BCUT2D eigenvalue weighted by molar-refractivity contribution is -0.128. The number of nitrogens with zero attached hydrogens (tertiary/aromatic N) is 1. The summed E-state index contributed by atoms with van der Waals surface area (Å²) in [5.74, 6) is -0.732. The zero-order chi connectivity index (χ0) is 18.7. The van der Waals surface area contributed by atoms with Gasteiger partial charge in [-0.2, -0.15) is 0 Å². The Morgan fingerprint density at radius 3 is 2.58 bits per heavy atom. The second-order valence-corrected chi connectivity index (χ2v) is 6.91. The van der Waals surface area contributed by atoms with Crippen LogP contribution in [0.3, 0.4) is 0 Å². The van der Waals surface area contributed by atoms with Crippen LogP contribution in [0.25, 0.3) is 0 Å². The monoisotopic (exact) mass is 354 g/mol. The van der Waals surface area contributed by atoms with Crippen LogP contribution >= 0.6 is 0 Å². The number of carbonyl (C=O) groups excluding carboxylic acids is 2. The molecule has 2 amide bonds. The molecule has 0 aromatic heterocycles. The summed E-state index contributed by atoms with van der Waals surface area (Å²) >= 11 is 0. The van der Waals surface area contributed by atoms with E-state index in [1.807, 2.05) is 32.0 Å². The Bertz CT molecular complexity index is 817. The van der Waals surface area contributed by atoms with Crippen LogP contribution in [0.15, 0.2) is 42.5 Å². The highest BCUT2D eigenvalue weighted by atomic mass is 19.1. The SMILES string of the molecule is Cc1ccc(NC(=O)C2CC(=O)N(CCc3ccc(F)cc3)C2)cc1C. The summed E-state index contributed by atoms with van der Waals surface area (Å²) in [4.78, 5) is 26.4. The quantitative estimate of drug-likeness (QED) is 0.894. The predicted octanol–water partition coefficient (Wildman–Crippen LogP) is 3.47. The molecule has 1 fully saturated rings. The Labute approximate surface area is 153 Å². The number of nitrogens with one attached hydrogen (secondary N) is 1. The molecule has 4 nitrogen and oxygen atoms in total. The van der Waals surface area contributed by atoms with Crippen LogP contribution in [0.1, 0.15) is 23.1 Å². The molecule has 0 spiro atoms.